The Balaban J connectivity index is 1.46. The van der Waals surface area contributed by atoms with Crippen LogP contribution in [0.1, 0.15) is 17.5 Å². The van der Waals surface area contributed by atoms with Gasteiger partial charge in [0.25, 0.3) is 0 Å². The SMILES string of the molecule is C=CC1(C)SC(c2nc3ccc(NC(=O)C(=O)OCc4ccccc4)cc3s2)=NC1C(=O)O. The van der Waals surface area contributed by atoms with Gasteiger partial charge in [0.1, 0.15) is 16.7 Å². The number of carboxylic acids is 1. The summed E-state index contributed by atoms with van der Waals surface area (Å²) in [6.07, 6.45) is 1.59. The molecule has 3 aromatic rings. The van der Waals surface area contributed by atoms with Gasteiger partial charge in [-0.25, -0.2) is 14.6 Å². The molecule has 2 N–H and O–H groups in total. The van der Waals surface area contributed by atoms with E-state index in [4.69, 9.17) is 4.74 Å². The fourth-order valence-electron chi connectivity index (χ4n) is 3.15. The first-order valence-electron chi connectivity index (χ1n) is 9.85. The number of aliphatic imine (C=N–C) groups is 1. The molecular weight excluding hydrogens is 462 g/mol. The zero-order valence-corrected chi connectivity index (χ0v) is 19.1. The highest BCUT2D eigenvalue weighted by Gasteiger charge is 2.44. The predicted molar refractivity (Wildman–Crippen MR) is 129 cm³/mol. The summed E-state index contributed by atoms with van der Waals surface area (Å²) in [5.74, 6) is -2.88. The molecule has 10 heteroatoms. The van der Waals surface area contributed by atoms with Crippen molar-refractivity contribution in [1.82, 2.24) is 4.98 Å². The van der Waals surface area contributed by atoms with Crippen molar-refractivity contribution in [2.75, 3.05) is 5.32 Å². The summed E-state index contributed by atoms with van der Waals surface area (Å²) in [6, 6.07) is 13.2. The van der Waals surface area contributed by atoms with Crippen LogP contribution in [0.2, 0.25) is 0 Å². The largest absolute Gasteiger partial charge is 0.480 e. The molecule has 1 aromatic heterocycles. The maximum Gasteiger partial charge on any atom is 0.397 e. The number of hydrogen-bond acceptors (Lipinski definition) is 8. The molecule has 2 heterocycles. The van der Waals surface area contributed by atoms with Gasteiger partial charge in [0.05, 0.1) is 15.0 Å². The van der Waals surface area contributed by atoms with Crippen LogP contribution in [0, 0.1) is 0 Å². The molecule has 1 aliphatic rings. The molecular formula is C23H19N3O5S2. The molecule has 0 radical (unpaired) electrons. The number of carboxylic acid groups (broad SMARTS) is 1. The standard InChI is InChI=1S/C23H19N3O5S2/c1-3-23(2)17(21(28)29)26-20(33-23)19-25-15-10-9-14(11-16(15)32-19)24-18(27)22(30)31-12-13-7-5-4-6-8-13/h3-11,17H,1,12H2,2H3,(H,24,27)(H,28,29). The van der Waals surface area contributed by atoms with E-state index in [-0.39, 0.29) is 6.61 Å². The number of nitrogens with one attached hydrogen (secondary N) is 1. The van der Waals surface area contributed by atoms with E-state index < -0.39 is 28.6 Å². The number of carbonyl (C=O) groups is 3. The lowest BCUT2D eigenvalue weighted by atomic mass is 10.0. The molecule has 1 aliphatic heterocycles. The predicted octanol–water partition coefficient (Wildman–Crippen LogP) is 3.87. The number of rotatable bonds is 6. The second-order valence-corrected chi connectivity index (χ2v) is 9.88. The molecule has 2 unspecified atom stereocenters. The van der Waals surface area contributed by atoms with Crippen LogP contribution in [0.15, 0.2) is 66.2 Å². The zero-order chi connectivity index (χ0) is 23.6. The van der Waals surface area contributed by atoms with Crippen LogP contribution in [0.5, 0.6) is 0 Å². The summed E-state index contributed by atoms with van der Waals surface area (Å²) >= 11 is 2.63. The topological polar surface area (TPSA) is 118 Å². The number of thioether (sulfide) groups is 1. The molecule has 0 saturated heterocycles. The van der Waals surface area contributed by atoms with Crippen molar-refractivity contribution in [3.05, 3.63) is 71.8 Å². The van der Waals surface area contributed by atoms with Gasteiger partial charge >= 0.3 is 17.8 Å². The monoisotopic (exact) mass is 481 g/mol. The Hall–Kier alpha value is -3.50. The first-order chi connectivity index (χ1) is 15.8. The van der Waals surface area contributed by atoms with E-state index in [0.29, 0.717) is 21.3 Å². The third-order valence-electron chi connectivity index (χ3n) is 4.97. The van der Waals surface area contributed by atoms with Crippen molar-refractivity contribution in [2.45, 2.75) is 24.3 Å². The van der Waals surface area contributed by atoms with Crippen LogP contribution in [0.25, 0.3) is 10.2 Å². The van der Waals surface area contributed by atoms with E-state index in [1.807, 2.05) is 18.2 Å². The number of hydrogen-bond donors (Lipinski definition) is 2. The summed E-state index contributed by atoms with van der Waals surface area (Å²) in [6.45, 7) is 5.53. The van der Waals surface area contributed by atoms with Gasteiger partial charge in [-0.3, -0.25) is 9.79 Å². The number of aromatic nitrogens is 1. The first kappa shape index (κ1) is 22.7. The van der Waals surface area contributed by atoms with Crippen LogP contribution in [-0.2, 0) is 25.7 Å². The van der Waals surface area contributed by atoms with Crippen LogP contribution in [-0.4, -0.2) is 43.8 Å². The van der Waals surface area contributed by atoms with Crippen molar-refractivity contribution < 1.29 is 24.2 Å². The summed E-state index contributed by atoms with van der Waals surface area (Å²) in [5.41, 5.74) is 1.87. The Bertz CT molecular complexity index is 1290. The van der Waals surface area contributed by atoms with Gasteiger partial charge in [0.2, 0.25) is 0 Å². The first-order valence-corrected chi connectivity index (χ1v) is 11.5. The Morgan fingerprint density at radius 3 is 2.67 bits per heavy atom. The number of esters is 1. The van der Waals surface area contributed by atoms with Crippen molar-refractivity contribution in [2.24, 2.45) is 4.99 Å². The number of aliphatic carboxylic acids is 1. The molecule has 168 valence electrons. The third-order valence-corrected chi connectivity index (χ3v) is 7.45. The Morgan fingerprint density at radius 1 is 1.24 bits per heavy atom. The van der Waals surface area contributed by atoms with Crippen molar-refractivity contribution in [3.63, 3.8) is 0 Å². The smallest absolute Gasteiger partial charge is 0.397 e. The second-order valence-electron chi connectivity index (χ2n) is 7.38. The lowest BCUT2D eigenvalue weighted by molar-refractivity contribution is -0.153. The van der Waals surface area contributed by atoms with Crippen LogP contribution >= 0.6 is 23.1 Å². The highest BCUT2D eigenvalue weighted by Crippen LogP contribution is 2.42. The molecule has 8 nitrogen and oxygen atoms in total. The fraction of sp³-hybridized carbons (Fsp3) is 0.174. The lowest BCUT2D eigenvalue weighted by Gasteiger charge is -2.21. The maximum absolute atomic E-state index is 12.2. The van der Waals surface area contributed by atoms with Crippen LogP contribution in [0.4, 0.5) is 5.69 Å². The van der Waals surface area contributed by atoms with Gasteiger partial charge < -0.3 is 15.2 Å². The van der Waals surface area contributed by atoms with Gasteiger partial charge in [0, 0.05) is 5.69 Å². The summed E-state index contributed by atoms with van der Waals surface area (Å²) in [4.78, 5) is 44.7. The van der Waals surface area contributed by atoms with E-state index >= 15 is 0 Å². The summed E-state index contributed by atoms with van der Waals surface area (Å²) in [5, 5.41) is 13.1. The molecule has 2 aromatic carbocycles. The van der Waals surface area contributed by atoms with Crippen molar-refractivity contribution in [3.8, 4) is 0 Å². The number of ether oxygens (including phenoxy) is 1. The van der Waals surface area contributed by atoms with Crippen LogP contribution in [0.3, 0.4) is 0 Å². The van der Waals surface area contributed by atoms with E-state index in [0.717, 1.165) is 10.3 Å². The number of fused-ring (bicyclic) bond motifs is 1. The normalized spacial score (nSPS) is 19.7. The Kier molecular flexibility index (Phi) is 6.30. The van der Waals surface area contributed by atoms with Gasteiger partial charge in [-0.1, -0.05) is 48.2 Å². The van der Waals surface area contributed by atoms with Gasteiger partial charge in [0.15, 0.2) is 6.04 Å². The number of anilines is 1. The quantitative estimate of drug-likeness (QED) is 0.312. The maximum atomic E-state index is 12.2. The third kappa shape index (κ3) is 4.81. The van der Waals surface area contributed by atoms with Crippen LogP contribution < -0.4 is 5.32 Å². The Morgan fingerprint density at radius 2 is 2.00 bits per heavy atom. The van der Waals surface area contributed by atoms with Crippen molar-refractivity contribution in [1.29, 1.82) is 0 Å². The second kappa shape index (κ2) is 9.16. The molecule has 4 rings (SSSR count). The Labute approximate surface area is 197 Å². The molecule has 1 amide bonds. The molecule has 33 heavy (non-hydrogen) atoms. The lowest BCUT2D eigenvalue weighted by Crippen LogP contribution is -2.35. The average Bonchev–Trinajstić information content (AvgIpc) is 3.39. The van der Waals surface area contributed by atoms with Gasteiger partial charge in [-0.2, -0.15) is 0 Å². The molecule has 0 spiro atoms. The van der Waals surface area contributed by atoms with E-state index in [2.05, 4.69) is 21.9 Å². The van der Waals surface area contributed by atoms with E-state index in [9.17, 15) is 19.5 Å². The number of amides is 1. The summed E-state index contributed by atoms with van der Waals surface area (Å²) < 4.78 is 5.03. The molecule has 2 atom stereocenters. The van der Waals surface area contributed by atoms with E-state index in [1.165, 1.54) is 23.1 Å². The molecule has 0 fully saturated rings. The minimum Gasteiger partial charge on any atom is -0.480 e. The highest BCUT2D eigenvalue weighted by atomic mass is 32.2. The molecule has 0 bridgehead atoms. The molecule has 0 aliphatic carbocycles. The van der Waals surface area contributed by atoms with Gasteiger partial charge in [-0.05, 0) is 30.7 Å². The van der Waals surface area contributed by atoms with Gasteiger partial charge in [-0.15, -0.1) is 17.9 Å². The average molecular weight is 482 g/mol. The minimum absolute atomic E-state index is 0.00504. The molecule has 0 saturated carbocycles. The van der Waals surface area contributed by atoms with E-state index in [1.54, 1.807) is 43.3 Å². The number of carbonyl (C=O) groups excluding carboxylic acids is 2. The number of benzene rings is 2. The van der Waals surface area contributed by atoms with Crippen molar-refractivity contribution >= 4 is 61.9 Å². The minimum atomic E-state index is -1.02. The fourth-order valence-corrected chi connectivity index (χ4v) is 5.36. The highest BCUT2D eigenvalue weighted by molar-refractivity contribution is 8.16. The zero-order valence-electron chi connectivity index (χ0n) is 17.5. The summed E-state index contributed by atoms with van der Waals surface area (Å²) in [7, 11) is 0. The number of thiazole rings is 1. The number of nitrogens with zero attached hydrogens (tertiary/aromatic N) is 2.